The highest BCUT2D eigenvalue weighted by Crippen LogP contribution is 2.35. The second kappa shape index (κ2) is 2.66. The molecule has 2 aliphatic rings. The lowest BCUT2D eigenvalue weighted by molar-refractivity contribution is 0.199. The Bertz CT molecular complexity index is 223. The standard InChI is InChI=1S/C11H20N2/c1-9-12(10-5-6-10)7-8-13(9)11(2,3)4/h10H,1,5-8H2,2-4H3. The number of rotatable bonds is 1. The van der Waals surface area contributed by atoms with Gasteiger partial charge in [0, 0.05) is 24.7 Å². The number of hydrogen-bond donors (Lipinski definition) is 0. The fourth-order valence-corrected chi connectivity index (χ4v) is 2.12. The zero-order valence-corrected chi connectivity index (χ0v) is 9.01. The summed E-state index contributed by atoms with van der Waals surface area (Å²) in [6.45, 7) is 13.3. The maximum atomic E-state index is 4.20. The summed E-state index contributed by atoms with van der Waals surface area (Å²) in [7, 11) is 0. The minimum absolute atomic E-state index is 0.237. The predicted octanol–water partition coefficient (Wildman–Crippen LogP) is 2.04. The van der Waals surface area contributed by atoms with Crippen molar-refractivity contribution in [1.29, 1.82) is 0 Å². The van der Waals surface area contributed by atoms with Gasteiger partial charge in [0.25, 0.3) is 0 Å². The van der Waals surface area contributed by atoms with E-state index < -0.39 is 0 Å². The van der Waals surface area contributed by atoms with Gasteiger partial charge in [0.05, 0.1) is 5.82 Å². The molecule has 0 N–H and O–H groups in total. The van der Waals surface area contributed by atoms with Crippen LogP contribution in [0.3, 0.4) is 0 Å². The molecular formula is C11H20N2. The van der Waals surface area contributed by atoms with E-state index in [0.717, 1.165) is 12.6 Å². The number of hydrogen-bond acceptors (Lipinski definition) is 2. The topological polar surface area (TPSA) is 6.48 Å². The van der Waals surface area contributed by atoms with E-state index in [0.29, 0.717) is 0 Å². The summed E-state index contributed by atoms with van der Waals surface area (Å²) in [5, 5.41) is 0. The highest BCUT2D eigenvalue weighted by molar-refractivity contribution is 5.09. The molecule has 1 saturated heterocycles. The van der Waals surface area contributed by atoms with Crippen LogP contribution in [0.4, 0.5) is 0 Å². The fourth-order valence-electron chi connectivity index (χ4n) is 2.12. The van der Waals surface area contributed by atoms with E-state index in [9.17, 15) is 0 Å². The summed E-state index contributed by atoms with van der Waals surface area (Å²) in [4.78, 5) is 4.90. The molecule has 1 saturated carbocycles. The molecule has 0 radical (unpaired) electrons. The summed E-state index contributed by atoms with van der Waals surface area (Å²) in [5.41, 5.74) is 0.237. The lowest BCUT2D eigenvalue weighted by atomic mass is 10.1. The third kappa shape index (κ3) is 1.54. The van der Waals surface area contributed by atoms with Crippen molar-refractivity contribution in [3.05, 3.63) is 12.4 Å². The molecule has 0 aromatic heterocycles. The first-order chi connectivity index (χ1) is 6.00. The molecule has 2 rings (SSSR count). The van der Waals surface area contributed by atoms with Crippen LogP contribution in [0.1, 0.15) is 33.6 Å². The predicted molar refractivity (Wildman–Crippen MR) is 55.3 cm³/mol. The Balaban J connectivity index is 2.06. The van der Waals surface area contributed by atoms with E-state index in [1.807, 2.05) is 0 Å². The second-order valence-electron chi connectivity index (χ2n) is 5.16. The van der Waals surface area contributed by atoms with E-state index in [4.69, 9.17) is 0 Å². The largest absolute Gasteiger partial charge is 0.354 e. The van der Waals surface area contributed by atoms with Crippen LogP contribution in [0.25, 0.3) is 0 Å². The summed E-state index contributed by atoms with van der Waals surface area (Å²) >= 11 is 0. The average molecular weight is 180 g/mol. The van der Waals surface area contributed by atoms with Crippen LogP contribution in [0.15, 0.2) is 12.4 Å². The molecule has 1 heterocycles. The molecule has 0 atom stereocenters. The van der Waals surface area contributed by atoms with E-state index in [-0.39, 0.29) is 5.54 Å². The van der Waals surface area contributed by atoms with Crippen molar-refractivity contribution < 1.29 is 0 Å². The summed E-state index contributed by atoms with van der Waals surface area (Å²) in [6.07, 6.45) is 2.74. The molecule has 0 spiro atoms. The zero-order valence-electron chi connectivity index (χ0n) is 9.01. The third-order valence-corrected chi connectivity index (χ3v) is 3.01. The van der Waals surface area contributed by atoms with E-state index in [2.05, 4.69) is 37.1 Å². The van der Waals surface area contributed by atoms with Gasteiger partial charge >= 0.3 is 0 Å². The summed E-state index contributed by atoms with van der Waals surface area (Å²) in [5.74, 6) is 1.25. The van der Waals surface area contributed by atoms with Crippen LogP contribution >= 0.6 is 0 Å². The molecule has 0 bridgehead atoms. The van der Waals surface area contributed by atoms with Crippen LogP contribution in [-0.4, -0.2) is 34.5 Å². The zero-order chi connectivity index (χ0) is 9.64. The van der Waals surface area contributed by atoms with E-state index in [1.54, 1.807) is 0 Å². The second-order valence-corrected chi connectivity index (χ2v) is 5.16. The van der Waals surface area contributed by atoms with Gasteiger partial charge in [-0.1, -0.05) is 6.58 Å². The van der Waals surface area contributed by atoms with Crippen molar-refractivity contribution in [2.45, 2.75) is 45.2 Å². The van der Waals surface area contributed by atoms with Gasteiger partial charge in [-0.25, -0.2) is 0 Å². The molecule has 74 valence electrons. The van der Waals surface area contributed by atoms with Crippen LogP contribution in [0.2, 0.25) is 0 Å². The molecule has 13 heavy (non-hydrogen) atoms. The van der Waals surface area contributed by atoms with Crippen LogP contribution in [-0.2, 0) is 0 Å². The van der Waals surface area contributed by atoms with Gasteiger partial charge in [-0.15, -0.1) is 0 Å². The maximum Gasteiger partial charge on any atom is 0.0973 e. The van der Waals surface area contributed by atoms with Crippen molar-refractivity contribution >= 4 is 0 Å². The first-order valence-corrected chi connectivity index (χ1v) is 5.23. The van der Waals surface area contributed by atoms with Gasteiger partial charge in [-0.05, 0) is 33.6 Å². The molecule has 2 heteroatoms. The SMILES string of the molecule is C=C1N(C2CC2)CCN1C(C)(C)C. The summed E-state index contributed by atoms with van der Waals surface area (Å²) < 4.78 is 0. The van der Waals surface area contributed by atoms with Crippen LogP contribution < -0.4 is 0 Å². The van der Waals surface area contributed by atoms with E-state index in [1.165, 1.54) is 25.2 Å². The number of nitrogens with zero attached hydrogens (tertiary/aromatic N) is 2. The first kappa shape index (κ1) is 8.92. The average Bonchev–Trinajstić information content (AvgIpc) is 2.73. The Labute approximate surface area is 81.2 Å². The molecule has 1 aliphatic carbocycles. The first-order valence-electron chi connectivity index (χ1n) is 5.23. The summed E-state index contributed by atoms with van der Waals surface area (Å²) in [6, 6.07) is 0.819. The van der Waals surface area contributed by atoms with Crippen molar-refractivity contribution in [2.24, 2.45) is 0 Å². The molecule has 0 amide bonds. The molecule has 0 aromatic rings. The van der Waals surface area contributed by atoms with Crippen LogP contribution in [0.5, 0.6) is 0 Å². The van der Waals surface area contributed by atoms with Crippen molar-refractivity contribution in [3.8, 4) is 0 Å². The maximum absolute atomic E-state index is 4.20. The van der Waals surface area contributed by atoms with Crippen molar-refractivity contribution in [1.82, 2.24) is 9.80 Å². The lowest BCUT2D eigenvalue weighted by Gasteiger charge is -2.35. The van der Waals surface area contributed by atoms with Crippen molar-refractivity contribution in [3.63, 3.8) is 0 Å². The monoisotopic (exact) mass is 180 g/mol. The molecule has 2 nitrogen and oxygen atoms in total. The molecule has 1 aliphatic heterocycles. The molecule has 0 aromatic carbocycles. The fraction of sp³-hybridized carbons (Fsp3) is 0.818. The van der Waals surface area contributed by atoms with Gasteiger partial charge in [-0.2, -0.15) is 0 Å². The van der Waals surface area contributed by atoms with Gasteiger partial charge in [-0.3, -0.25) is 0 Å². The van der Waals surface area contributed by atoms with Gasteiger partial charge < -0.3 is 9.80 Å². The highest BCUT2D eigenvalue weighted by Gasteiger charge is 2.38. The Hall–Kier alpha value is -0.660. The van der Waals surface area contributed by atoms with Crippen LogP contribution in [0, 0.1) is 0 Å². The third-order valence-electron chi connectivity index (χ3n) is 3.01. The smallest absolute Gasteiger partial charge is 0.0973 e. The van der Waals surface area contributed by atoms with Gasteiger partial charge in [0.15, 0.2) is 0 Å². The highest BCUT2D eigenvalue weighted by atomic mass is 15.4. The Morgan fingerprint density at radius 2 is 1.85 bits per heavy atom. The van der Waals surface area contributed by atoms with Gasteiger partial charge in [0.1, 0.15) is 0 Å². The molecule has 0 unspecified atom stereocenters. The Kier molecular flexibility index (Phi) is 1.83. The minimum atomic E-state index is 0.237. The molecular weight excluding hydrogens is 160 g/mol. The van der Waals surface area contributed by atoms with E-state index >= 15 is 0 Å². The quantitative estimate of drug-likeness (QED) is 0.609. The Morgan fingerprint density at radius 1 is 1.23 bits per heavy atom. The van der Waals surface area contributed by atoms with Gasteiger partial charge in [0.2, 0.25) is 0 Å². The normalized spacial score (nSPS) is 24.4. The van der Waals surface area contributed by atoms with Crippen molar-refractivity contribution in [2.75, 3.05) is 13.1 Å². The lowest BCUT2D eigenvalue weighted by Crippen LogP contribution is -2.39. The minimum Gasteiger partial charge on any atom is -0.354 e. The molecule has 2 fully saturated rings. The Morgan fingerprint density at radius 3 is 2.23 bits per heavy atom.